The molecule has 0 aromatic heterocycles. The van der Waals surface area contributed by atoms with Gasteiger partial charge in [0.2, 0.25) is 15.9 Å². The van der Waals surface area contributed by atoms with Crippen molar-refractivity contribution in [3.63, 3.8) is 0 Å². The molecule has 4 N–H and O–H groups in total. The molecule has 8 nitrogen and oxygen atoms in total. The Morgan fingerprint density at radius 3 is 2.65 bits per heavy atom. The average Bonchev–Trinajstić information content (AvgIpc) is 2.38. The molecule has 0 aliphatic carbocycles. The van der Waals surface area contributed by atoms with Crippen LogP contribution in [0, 0.1) is 0 Å². The molecule has 0 spiro atoms. The van der Waals surface area contributed by atoms with Crippen LogP contribution in [-0.4, -0.2) is 45.2 Å². The van der Waals surface area contributed by atoms with E-state index in [1.165, 1.54) is 18.2 Å². The van der Waals surface area contributed by atoms with Gasteiger partial charge in [0.25, 0.3) is 0 Å². The number of nitrogens with one attached hydrogen (secondary N) is 1. The van der Waals surface area contributed by atoms with Gasteiger partial charge in [-0.25, -0.2) is 17.9 Å². The van der Waals surface area contributed by atoms with E-state index < -0.39 is 21.9 Å². The maximum Gasteiger partial charge on any atom is 0.335 e. The number of carboxylic acids is 1. The van der Waals surface area contributed by atoms with Crippen molar-refractivity contribution >= 4 is 21.9 Å². The zero-order valence-electron chi connectivity index (χ0n) is 10.4. The lowest BCUT2D eigenvalue weighted by Gasteiger charge is -2.07. The van der Waals surface area contributed by atoms with Crippen LogP contribution in [0.25, 0.3) is 0 Å². The van der Waals surface area contributed by atoms with Crippen LogP contribution in [0.5, 0.6) is 0 Å². The van der Waals surface area contributed by atoms with Crippen LogP contribution in [0.4, 0.5) is 0 Å². The third-order valence-electron chi connectivity index (χ3n) is 2.17. The van der Waals surface area contributed by atoms with Crippen LogP contribution < -0.4 is 10.5 Å². The van der Waals surface area contributed by atoms with Gasteiger partial charge < -0.3 is 15.6 Å². The van der Waals surface area contributed by atoms with Crippen LogP contribution in [0.3, 0.4) is 0 Å². The van der Waals surface area contributed by atoms with Gasteiger partial charge in [0, 0.05) is 6.54 Å². The molecule has 0 atom stereocenters. The highest BCUT2D eigenvalue weighted by atomic mass is 32.2. The number of ether oxygens (including phenoxy) is 1. The fourth-order valence-electron chi connectivity index (χ4n) is 1.30. The fraction of sp³-hybridized carbons (Fsp3) is 0.273. The van der Waals surface area contributed by atoms with Crippen LogP contribution in [0.15, 0.2) is 29.2 Å². The molecule has 20 heavy (non-hydrogen) atoms. The molecule has 1 aromatic carbocycles. The van der Waals surface area contributed by atoms with Gasteiger partial charge in [-0.2, -0.15) is 0 Å². The van der Waals surface area contributed by atoms with Gasteiger partial charge in [-0.15, -0.1) is 0 Å². The topological polar surface area (TPSA) is 136 Å². The number of amides is 1. The zero-order chi connectivity index (χ0) is 15.2. The van der Waals surface area contributed by atoms with Crippen molar-refractivity contribution in [2.24, 2.45) is 5.73 Å². The van der Waals surface area contributed by atoms with E-state index >= 15 is 0 Å². The number of carbonyl (C=O) groups excluding carboxylic acids is 1. The summed E-state index contributed by atoms with van der Waals surface area (Å²) in [4.78, 5) is 21.0. The number of primary amides is 1. The van der Waals surface area contributed by atoms with Gasteiger partial charge in [-0.1, -0.05) is 6.07 Å². The Morgan fingerprint density at radius 1 is 1.35 bits per heavy atom. The fourth-order valence-corrected chi connectivity index (χ4v) is 2.36. The Morgan fingerprint density at radius 2 is 2.05 bits per heavy atom. The summed E-state index contributed by atoms with van der Waals surface area (Å²) in [5, 5.41) is 8.79. The predicted molar refractivity (Wildman–Crippen MR) is 68.6 cm³/mol. The normalized spacial score (nSPS) is 11.2. The second kappa shape index (κ2) is 6.98. The van der Waals surface area contributed by atoms with E-state index in [1.54, 1.807) is 0 Å². The number of benzene rings is 1. The van der Waals surface area contributed by atoms with Crippen molar-refractivity contribution in [1.82, 2.24) is 4.72 Å². The Hall–Kier alpha value is -1.97. The number of rotatable bonds is 8. The third kappa shape index (κ3) is 4.96. The molecule has 0 bridgehead atoms. The molecular weight excluding hydrogens is 288 g/mol. The lowest BCUT2D eigenvalue weighted by atomic mass is 10.2. The van der Waals surface area contributed by atoms with E-state index in [-0.39, 0.29) is 30.2 Å². The quantitative estimate of drug-likeness (QED) is 0.536. The van der Waals surface area contributed by atoms with E-state index in [2.05, 4.69) is 4.72 Å². The predicted octanol–water partition coefficient (Wildman–Crippen LogP) is -0.835. The van der Waals surface area contributed by atoms with Gasteiger partial charge >= 0.3 is 5.97 Å². The summed E-state index contributed by atoms with van der Waals surface area (Å²) in [5.41, 5.74) is 4.71. The molecule has 1 rings (SSSR count). The first-order chi connectivity index (χ1) is 9.33. The molecule has 0 heterocycles. The molecule has 0 saturated heterocycles. The molecule has 0 radical (unpaired) electrons. The van der Waals surface area contributed by atoms with E-state index in [0.29, 0.717) is 0 Å². The minimum Gasteiger partial charge on any atom is -0.478 e. The van der Waals surface area contributed by atoms with E-state index in [9.17, 15) is 18.0 Å². The zero-order valence-corrected chi connectivity index (χ0v) is 11.2. The standard InChI is InChI=1S/C11H14N2O6S/c12-10(14)7-19-5-4-13-20(17,18)9-3-1-2-8(6-9)11(15)16/h1-3,6,13H,4-5,7H2,(H2,12,14)(H,15,16). The van der Waals surface area contributed by atoms with Gasteiger partial charge in [-0.05, 0) is 18.2 Å². The number of carbonyl (C=O) groups is 2. The number of nitrogens with two attached hydrogens (primary N) is 1. The highest BCUT2D eigenvalue weighted by Gasteiger charge is 2.15. The number of hydrogen-bond donors (Lipinski definition) is 3. The van der Waals surface area contributed by atoms with E-state index in [4.69, 9.17) is 15.6 Å². The molecule has 0 saturated carbocycles. The van der Waals surface area contributed by atoms with Crippen LogP contribution in [0.2, 0.25) is 0 Å². The van der Waals surface area contributed by atoms with Gasteiger partial charge in [0.05, 0.1) is 17.1 Å². The molecule has 0 fully saturated rings. The molecule has 1 amide bonds. The molecular formula is C11H14N2O6S. The van der Waals surface area contributed by atoms with Crippen molar-refractivity contribution < 1.29 is 27.9 Å². The lowest BCUT2D eigenvalue weighted by molar-refractivity contribution is -0.122. The van der Waals surface area contributed by atoms with Crippen LogP contribution in [-0.2, 0) is 19.6 Å². The minimum absolute atomic E-state index is 0.0270. The Bertz CT molecular complexity index is 599. The Labute approximate surface area is 115 Å². The molecule has 0 aliphatic rings. The summed E-state index contributed by atoms with van der Waals surface area (Å²) in [5.74, 6) is -1.87. The monoisotopic (exact) mass is 302 g/mol. The molecule has 0 aliphatic heterocycles. The van der Waals surface area contributed by atoms with Gasteiger partial charge in [0.15, 0.2) is 0 Å². The minimum atomic E-state index is -3.83. The highest BCUT2D eigenvalue weighted by molar-refractivity contribution is 7.89. The smallest absolute Gasteiger partial charge is 0.335 e. The summed E-state index contributed by atoms with van der Waals surface area (Å²) >= 11 is 0. The largest absolute Gasteiger partial charge is 0.478 e. The molecule has 9 heteroatoms. The average molecular weight is 302 g/mol. The maximum absolute atomic E-state index is 11.9. The van der Waals surface area contributed by atoms with Crippen LogP contribution >= 0.6 is 0 Å². The second-order valence-corrected chi connectivity index (χ2v) is 5.52. The summed E-state index contributed by atoms with van der Waals surface area (Å²) < 4.78 is 30.7. The first-order valence-electron chi connectivity index (χ1n) is 5.52. The Balaban J connectivity index is 2.62. The summed E-state index contributed by atoms with van der Waals surface area (Å²) in [6.45, 7) is -0.385. The van der Waals surface area contributed by atoms with Gasteiger partial charge in [-0.3, -0.25) is 4.79 Å². The SMILES string of the molecule is NC(=O)COCCNS(=O)(=O)c1cccc(C(=O)O)c1. The van der Waals surface area contributed by atoms with Crippen LogP contribution in [0.1, 0.15) is 10.4 Å². The lowest BCUT2D eigenvalue weighted by Crippen LogP contribution is -2.29. The summed E-state index contributed by atoms with van der Waals surface area (Å²) in [6.07, 6.45) is 0. The Kier molecular flexibility index (Phi) is 5.62. The van der Waals surface area contributed by atoms with Crippen molar-refractivity contribution in [2.75, 3.05) is 19.8 Å². The summed E-state index contributed by atoms with van der Waals surface area (Å²) in [6, 6.07) is 4.95. The summed E-state index contributed by atoms with van der Waals surface area (Å²) in [7, 11) is -3.83. The third-order valence-corrected chi connectivity index (χ3v) is 3.63. The van der Waals surface area contributed by atoms with Crippen molar-refractivity contribution in [2.45, 2.75) is 4.90 Å². The molecule has 1 aromatic rings. The van der Waals surface area contributed by atoms with Crippen molar-refractivity contribution in [3.8, 4) is 0 Å². The second-order valence-electron chi connectivity index (χ2n) is 3.75. The first kappa shape index (κ1) is 16.1. The van der Waals surface area contributed by atoms with E-state index in [0.717, 1.165) is 6.07 Å². The molecule has 0 unspecified atom stereocenters. The number of aromatic carboxylic acids is 1. The van der Waals surface area contributed by atoms with E-state index in [1.807, 2.05) is 0 Å². The van der Waals surface area contributed by atoms with Crippen molar-refractivity contribution in [3.05, 3.63) is 29.8 Å². The number of hydrogen-bond acceptors (Lipinski definition) is 5. The number of carboxylic acid groups (broad SMARTS) is 1. The number of sulfonamides is 1. The maximum atomic E-state index is 11.9. The first-order valence-corrected chi connectivity index (χ1v) is 7.00. The van der Waals surface area contributed by atoms with Gasteiger partial charge in [0.1, 0.15) is 6.61 Å². The van der Waals surface area contributed by atoms with Crippen molar-refractivity contribution in [1.29, 1.82) is 0 Å². The highest BCUT2D eigenvalue weighted by Crippen LogP contribution is 2.11. The molecule has 110 valence electrons.